The fraction of sp³-hybridized carbons (Fsp3) is 0.700. The molecular formula is C10H17N3. The number of aryl methyl sites for hydroxylation is 1. The molecule has 1 atom stereocenters. The highest BCUT2D eigenvalue weighted by Gasteiger charge is 2.30. The van der Waals surface area contributed by atoms with Crippen LogP contribution in [0.3, 0.4) is 0 Å². The first-order valence-electron chi connectivity index (χ1n) is 5.05. The van der Waals surface area contributed by atoms with Gasteiger partial charge < -0.3 is 5.32 Å². The number of nitrogens with zero attached hydrogens (tertiary/aromatic N) is 2. The van der Waals surface area contributed by atoms with E-state index in [9.17, 15) is 0 Å². The predicted molar refractivity (Wildman–Crippen MR) is 53.6 cm³/mol. The van der Waals surface area contributed by atoms with Gasteiger partial charge in [0.1, 0.15) is 5.82 Å². The first kappa shape index (κ1) is 8.60. The molecule has 0 saturated heterocycles. The zero-order valence-corrected chi connectivity index (χ0v) is 8.33. The molecule has 1 aromatic heterocycles. The molecule has 72 valence electrons. The summed E-state index contributed by atoms with van der Waals surface area (Å²) >= 11 is 0. The lowest BCUT2D eigenvalue weighted by atomic mass is 10.1. The minimum atomic E-state index is 0.649. The smallest absolute Gasteiger partial charge is 0.124 e. The SMILES string of the molecule is CCC(Nc1ccnn1C)C1CC1. The van der Waals surface area contributed by atoms with Gasteiger partial charge in [0.15, 0.2) is 0 Å². The maximum absolute atomic E-state index is 4.14. The van der Waals surface area contributed by atoms with E-state index in [1.54, 1.807) is 0 Å². The van der Waals surface area contributed by atoms with Gasteiger partial charge in [-0.05, 0) is 25.2 Å². The summed E-state index contributed by atoms with van der Waals surface area (Å²) in [5, 5.41) is 7.68. The first-order valence-corrected chi connectivity index (χ1v) is 5.05. The van der Waals surface area contributed by atoms with Crippen LogP contribution in [-0.4, -0.2) is 15.8 Å². The Hall–Kier alpha value is -0.990. The van der Waals surface area contributed by atoms with Crippen LogP contribution in [0, 0.1) is 5.92 Å². The van der Waals surface area contributed by atoms with Crippen LogP contribution in [0.5, 0.6) is 0 Å². The van der Waals surface area contributed by atoms with Crippen molar-refractivity contribution in [1.29, 1.82) is 0 Å². The normalized spacial score (nSPS) is 18.6. The van der Waals surface area contributed by atoms with Gasteiger partial charge in [-0.25, -0.2) is 0 Å². The third kappa shape index (κ3) is 1.85. The van der Waals surface area contributed by atoms with Crippen LogP contribution >= 0.6 is 0 Å². The van der Waals surface area contributed by atoms with Crippen LogP contribution in [0.4, 0.5) is 5.82 Å². The third-order valence-corrected chi connectivity index (χ3v) is 2.79. The van der Waals surface area contributed by atoms with Crippen molar-refractivity contribution in [3.05, 3.63) is 12.3 Å². The van der Waals surface area contributed by atoms with Crippen LogP contribution in [0.2, 0.25) is 0 Å². The topological polar surface area (TPSA) is 29.9 Å². The summed E-state index contributed by atoms with van der Waals surface area (Å²) in [4.78, 5) is 0. The van der Waals surface area contributed by atoms with Gasteiger partial charge in [0.25, 0.3) is 0 Å². The molecule has 1 saturated carbocycles. The van der Waals surface area contributed by atoms with Crippen molar-refractivity contribution in [2.24, 2.45) is 13.0 Å². The zero-order chi connectivity index (χ0) is 9.26. The van der Waals surface area contributed by atoms with E-state index in [-0.39, 0.29) is 0 Å². The lowest BCUT2D eigenvalue weighted by molar-refractivity contribution is 0.605. The molecule has 1 N–H and O–H groups in total. The van der Waals surface area contributed by atoms with Gasteiger partial charge in [-0.15, -0.1) is 0 Å². The highest BCUT2D eigenvalue weighted by molar-refractivity contribution is 5.35. The van der Waals surface area contributed by atoms with Gasteiger partial charge in [0, 0.05) is 19.2 Å². The largest absolute Gasteiger partial charge is 0.367 e. The monoisotopic (exact) mass is 179 g/mol. The molecule has 1 unspecified atom stereocenters. The van der Waals surface area contributed by atoms with Crippen molar-refractivity contribution in [2.45, 2.75) is 32.2 Å². The van der Waals surface area contributed by atoms with Crippen molar-refractivity contribution in [3.63, 3.8) is 0 Å². The molecule has 13 heavy (non-hydrogen) atoms. The van der Waals surface area contributed by atoms with Gasteiger partial charge in [-0.1, -0.05) is 6.92 Å². The summed E-state index contributed by atoms with van der Waals surface area (Å²) in [7, 11) is 1.97. The van der Waals surface area contributed by atoms with Crippen molar-refractivity contribution in [1.82, 2.24) is 9.78 Å². The van der Waals surface area contributed by atoms with Crippen molar-refractivity contribution in [3.8, 4) is 0 Å². The van der Waals surface area contributed by atoms with E-state index in [0.717, 1.165) is 11.7 Å². The van der Waals surface area contributed by atoms with Gasteiger partial charge in [0.2, 0.25) is 0 Å². The Kier molecular flexibility index (Phi) is 2.25. The molecule has 0 amide bonds. The molecule has 1 heterocycles. The van der Waals surface area contributed by atoms with Crippen LogP contribution in [0.25, 0.3) is 0 Å². The molecule has 1 aliphatic rings. The van der Waals surface area contributed by atoms with Crippen molar-refractivity contribution < 1.29 is 0 Å². The first-order chi connectivity index (χ1) is 6.31. The van der Waals surface area contributed by atoms with E-state index < -0.39 is 0 Å². The molecule has 0 aromatic carbocycles. The van der Waals surface area contributed by atoms with Crippen LogP contribution in [-0.2, 0) is 7.05 Å². The molecule has 1 fully saturated rings. The number of rotatable bonds is 4. The lowest BCUT2D eigenvalue weighted by Crippen LogP contribution is -2.22. The average molecular weight is 179 g/mol. The van der Waals surface area contributed by atoms with Crippen LogP contribution in [0.15, 0.2) is 12.3 Å². The third-order valence-electron chi connectivity index (χ3n) is 2.79. The fourth-order valence-corrected chi connectivity index (χ4v) is 1.76. The molecule has 2 rings (SSSR count). The van der Waals surface area contributed by atoms with Crippen LogP contribution < -0.4 is 5.32 Å². The van der Waals surface area contributed by atoms with Gasteiger partial charge in [0.05, 0.1) is 6.20 Å². The Morgan fingerprint density at radius 2 is 2.46 bits per heavy atom. The molecule has 0 spiro atoms. The van der Waals surface area contributed by atoms with Gasteiger partial charge >= 0.3 is 0 Å². The quantitative estimate of drug-likeness (QED) is 0.766. The minimum Gasteiger partial charge on any atom is -0.367 e. The second-order valence-corrected chi connectivity index (χ2v) is 3.84. The number of hydrogen-bond donors (Lipinski definition) is 1. The van der Waals surface area contributed by atoms with E-state index in [1.165, 1.54) is 19.3 Å². The number of aromatic nitrogens is 2. The molecule has 0 bridgehead atoms. The number of anilines is 1. The van der Waals surface area contributed by atoms with Crippen LogP contribution in [0.1, 0.15) is 26.2 Å². The average Bonchev–Trinajstić information content (AvgIpc) is 2.88. The molecular weight excluding hydrogens is 162 g/mol. The maximum atomic E-state index is 4.14. The summed E-state index contributed by atoms with van der Waals surface area (Å²) in [6.45, 7) is 2.24. The lowest BCUT2D eigenvalue weighted by Gasteiger charge is -2.17. The second kappa shape index (κ2) is 3.40. The molecule has 1 aromatic rings. The highest BCUT2D eigenvalue weighted by atomic mass is 15.3. The van der Waals surface area contributed by atoms with Crippen molar-refractivity contribution in [2.75, 3.05) is 5.32 Å². The summed E-state index contributed by atoms with van der Waals surface area (Å²) in [5.74, 6) is 2.04. The van der Waals surface area contributed by atoms with E-state index in [2.05, 4.69) is 17.3 Å². The Morgan fingerprint density at radius 1 is 1.69 bits per heavy atom. The minimum absolute atomic E-state index is 0.649. The molecule has 1 aliphatic carbocycles. The number of nitrogens with one attached hydrogen (secondary N) is 1. The summed E-state index contributed by atoms with van der Waals surface area (Å²) < 4.78 is 1.89. The standard InChI is InChI=1S/C10H17N3/c1-3-9(8-4-5-8)12-10-6-7-11-13(10)2/h6-9,12H,3-5H2,1-2H3. The van der Waals surface area contributed by atoms with Crippen molar-refractivity contribution >= 4 is 5.82 Å². The van der Waals surface area contributed by atoms with Gasteiger partial charge in [-0.3, -0.25) is 4.68 Å². The Morgan fingerprint density at radius 3 is 2.92 bits per heavy atom. The Labute approximate surface area is 79.1 Å². The molecule has 3 heteroatoms. The summed E-state index contributed by atoms with van der Waals surface area (Å²) in [6.07, 6.45) is 5.82. The summed E-state index contributed by atoms with van der Waals surface area (Å²) in [5.41, 5.74) is 0. The molecule has 0 radical (unpaired) electrons. The predicted octanol–water partition coefficient (Wildman–Crippen LogP) is 2.02. The van der Waals surface area contributed by atoms with E-state index in [0.29, 0.717) is 6.04 Å². The fourth-order valence-electron chi connectivity index (χ4n) is 1.76. The Bertz CT molecular complexity index is 275. The summed E-state index contributed by atoms with van der Waals surface area (Å²) in [6, 6.07) is 2.68. The van der Waals surface area contributed by atoms with E-state index in [4.69, 9.17) is 0 Å². The van der Waals surface area contributed by atoms with E-state index >= 15 is 0 Å². The molecule has 3 nitrogen and oxygen atoms in total. The Balaban J connectivity index is 1.99. The van der Waals surface area contributed by atoms with Gasteiger partial charge in [-0.2, -0.15) is 5.10 Å². The molecule has 0 aliphatic heterocycles. The zero-order valence-electron chi connectivity index (χ0n) is 8.33. The van der Waals surface area contributed by atoms with E-state index in [1.807, 2.05) is 24.0 Å². The second-order valence-electron chi connectivity index (χ2n) is 3.84. The highest BCUT2D eigenvalue weighted by Crippen LogP contribution is 2.35. The maximum Gasteiger partial charge on any atom is 0.124 e. The number of hydrogen-bond acceptors (Lipinski definition) is 2.